The molecule has 2 amide bonds. The molecule has 0 aromatic heterocycles. The summed E-state index contributed by atoms with van der Waals surface area (Å²) in [5.41, 5.74) is 0. The minimum atomic E-state index is -4.76. The molecule has 0 rings (SSSR count). The highest BCUT2D eigenvalue weighted by molar-refractivity contribution is 8.06. The molecule has 0 heterocycles. The molecule has 0 saturated carbocycles. The second kappa shape index (κ2) is 5.12. The van der Waals surface area contributed by atoms with E-state index in [1.807, 2.05) is 0 Å². The molecule has 0 unspecified atom stereocenters. The van der Waals surface area contributed by atoms with Gasteiger partial charge in [0.05, 0.1) is 25.0 Å². The van der Waals surface area contributed by atoms with Crippen molar-refractivity contribution in [3.8, 4) is 0 Å². The van der Waals surface area contributed by atoms with Crippen LogP contribution in [0.5, 0.6) is 0 Å². The lowest BCUT2D eigenvalue weighted by molar-refractivity contribution is 0.230. The number of hydrogen-bond donors (Lipinski definition) is 0. The molecule has 0 spiro atoms. The third-order valence-electron chi connectivity index (χ3n) is 1.52. The number of amides is 2. The molecule has 0 atom stereocenters. The summed E-state index contributed by atoms with van der Waals surface area (Å²) in [7, 11) is -19.0. The SMILES string of the molecule is CS(=O)(=O)N(C(=O)N(S(C)(=O)=O)S(C)(=O)=O)S(C)(=O)=O. The summed E-state index contributed by atoms with van der Waals surface area (Å²) in [5.74, 6) is 0. The molecule has 0 aromatic rings. The Balaban J connectivity index is 6.47. The molecular weight excluding hydrogens is 360 g/mol. The Morgan fingerprint density at radius 3 is 0.800 bits per heavy atom. The summed E-state index contributed by atoms with van der Waals surface area (Å²) in [6.07, 6.45) is 1.20. The maximum atomic E-state index is 11.8. The lowest BCUT2D eigenvalue weighted by Gasteiger charge is -2.24. The molecule has 0 saturated heterocycles. The van der Waals surface area contributed by atoms with Gasteiger partial charge in [-0.1, -0.05) is 0 Å². The third-order valence-corrected chi connectivity index (χ3v) is 7.80. The summed E-state index contributed by atoms with van der Waals surface area (Å²) in [5, 5.41) is 0. The van der Waals surface area contributed by atoms with E-state index >= 15 is 0 Å². The minimum absolute atomic E-state index is 0.300. The van der Waals surface area contributed by atoms with Gasteiger partial charge in [-0.2, -0.15) is 0 Å². The summed E-state index contributed by atoms with van der Waals surface area (Å²) in [6, 6.07) is -2.25. The number of nitrogens with zero attached hydrogens (tertiary/aromatic N) is 2. The van der Waals surface area contributed by atoms with Crippen LogP contribution in [0.15, 0.2) is 0 Å². The molecule has 0 aromatic carbocycles. The van der Waals surface area contributed by atoms with Gasteiger partial charge in [0, 0.05) is 0 Å². The van der Waals surface area contributed by atoms with Crippen molar-refractivity contribution >= 4 is 46.1 Å². The molecule has 0 aliphatic carbocycles. The van der Waals surface area contributed by atoms with Crippen molar-refractivity contribution in [1.82, 2.24) is 7.42 Å². The van der Waals surface area contributed by atoms with Crippen LogP contribution in [-0.4, -0.2) is 72.1 Å². The van der Waals surface area contributed by atoms with Gasteiger partial charge >= 0.3 is 6.03 Å². The van der Waals surface area contributed by atoms with E-state index in [2.05, 4.69) is 0 Å². The third kappa shape index (κ3) is 4.57. The van der Waals surface area contributed by atoms with Crippen LogP contribution >= 0.6 is 0 Å². The molecule has 0 aliphatic rings. The highest BCUT2D eigenvalue weighted by Gasteiger charge is 2.43. The first-order chi connectivity index (χ1) is 8.40. The predicted molar refractivity (Wildman–Crippen MR) is 68.4 cm³/mol. The Hall–Kier alpha value is -0.930. The monoisotopic (exact) mass is 372 g/mol. The van der Waals surface area contributed by atoms with Crippen molar-refractivity contribution < 1.29 is 38.5 Å². The number of carbonyl (C=O) groups excluding carboxylic acids is 1. The van der Waals surface area contributed by atoms with Gasteiger partial charge in [-0.05, 0) is 0 Å². The fraction of sp³-hybridized carbons (Fsp3) is 0.800. The van der Waals surface area contributed by atoms with Crippen LogP contribution in [0.25, 0.3) is 0 Å². The summed E-state index contributed by atoms with van der Waals surface area (Å²) in [4.78, 5) is 11.8. The average molecular weight is 372 g/mol. The van der Waals surface area contributed by atoms with Crippen LogP contribution in [0.2, 0.25) is 0 Å². The second-order valence-electron chi connectivity index (χ2n) is 3.73. The number of rotatable bonds is 4. The molecule has 120 valence electrons. The molecule has 0 bridgehead atoms. The maximum Gasteiger partial charge on any atom is 0.375 e. The van der Waals surface area contributed by atoms with Crippen molar-refractivity contribution in [2.24, 2.45) is 0 Å². The lowest BCUT2D eigenvalue weighted by Crippen LogP contribution is -2.51. The van der Waals surface area contributed by atoms with Crippen molar-refractivity contribution in [3.63, 3.8) is 0 Å². The Morgan fingerprint density at radius 2 is 0.700 bits per heavy atom. The van der Waals surface area contributed by atoms with Crippen LogP contribution in [0.4, 0.5) is 4.79 Å². The molecule has 20 heavy (non-hydrogen) atoms. The number of hydrogen-bond acceptors (Lipinski definition) is 9. The zero-order valence-corrected chi connectivity index (χ0v) is 14.0. The Kier molecular flexibility index (Phi) is 4.88. The van der Waals surface area contributed by atoms with E-state index in [1.54, 1.807) is 0 Å². The predicted octanol–water partition coefficient (Wildman–Crippen LogP) is -2.45. The molecular formula is C5H12N2O9S4. The Labute approximate surface area is 117 Å². The van der Waals surface area contributed by atoms with E-state index in [0.29, 0.717) is 25.0 Å². The van der Waals surface area contributed by atoms with E-state index < -0.39 is 53.5 Å². The molecule has 15 heteroatoms. The van der Waals surface area contributed by atoms with E-state index in [4.69, 9.17) is 0 Å². The molecule has 11 nitrogen and oxygen atoms in total. The highest BCUT2D eigenvalue weighted by Crippen LogP contribution is 2.15. The van der Waals surface area contributed by atoms with Crippen LogP contribution in [-0.2, 0) is 40.1 Å². The Bertz CT molecular complexity index is 683. The average Bonchev–Trinajstić information content (AvgIpc) is 1.88. The van der Waals surface area contributed by atoms with Gasteiger partial charge in [0.2, 0.25) is 40.1 Å². The van der Waals surface area contributed by atoms with E-state index in [9.17, 15) is 38.5 Å². The van der Waals surface area contributed by atoms with Gasteiger partial charge in [0.1, 0.15) is 0 Å². The molecule has 0 radical (unpaired) electrons. The number of carbonyl (C=O) groups is 1. The van der Waals surface area contributed by atoms with Crippen molar-refractivity contribution in [2.75, 3.05) is 25.0 Å². The van der Waals surface area contributed by atoms with Gasteiger partial charge in [-0.3, -0.25) is 0 Å². The van der Waals surface area contributed by atoms with Crippen molar-refractivity contribution in [1.29, 1.82) is 0 Å². The largest absolute Gasteiger partial charge is 0.375 e. The van der Waals surface area contributed by atoms with Crippen LogP contribution in [0.1, 0.15) is 0 Å². The summed E-state index contributed by atoms with van der Waals surface area (Å²) in [6.45, 7) is 0. The lowest BCUT2D eigenvalue weighted by atomic mass is 11.2. The molecule has 0 fully saturated rings. The second-order valence-corrected chi connectivity index (χ2v) is 11.5. The van der Waals surface area contributed by atoms with Crippen molar-refractivity contribution in [3.05, 3.63) is 0 Å². The van der Waals surface area contributed by atoms with Gasteiger partial charge < -0.3 is 0 Å². The first kappa shape index (κ1) is 19.1. The maximum absolute atomic E-state index is 11.8. The zero-order valence-electron chi connectivity index (χ0n) is 10.7. The summed E-state index contributed by atoms with van der Waals surface area (Å²) < 4.78 is 88.7. The van der Waals surface area contributed by atoms with E-state index in [1.165, 1.54) is 0 Å². The first-order valence-electron chi connectivity index (χ1n) is 4.35. The first-order valence-corrected chi connectivity index (χ1v) is 11.7. The van der Waals surface area contributed by atoms with Crippen molar-refractivity contribution in [2.45, 2.75) is 0 Å². The molecule has 0 N–H and O–H groups in total. The minimum Gasteiger partial charge on any atom is -0.244 e. The molecule has 0 aliphatic heterocycles. The Morgan fingerprint density at radius 1 is 0.550 bits per heavy atom. The van der Waals surface area contributed by atoms with Gasteiger partial charge in [-0.25, -0.2) is 38.5 Å². The van der Waals surface area contributed by atoms with Crippen LogP contribution < -0.4 is 0 Å². The standard InChI is InChI=1S/C5H12N2O9S4/c1-17(9,10)6(18(2,11)12)5(8)7(19(3,13)14)20(4,15)16/h1-4H3. The topological polar surface area (TPSA) is 160 Å². The number of urea groups is 1. The van der Waals surface area contributed by atoms with Gasteiger partial charge in [0.15, 0.2) is 0 Å². The zero-order chi connectivity index (χ0) is 16.7. The van der Waals surface area contributed by atoms with Gasteiger partial charge in [0.25, 0.3) is 0 Å². The summed E-state index contributed by atoms with van der Waals surface area (Å²) >= 11 is 0. The van der Waals surface area contributed by atoms with Crippen LogP contribution in [0, 0.1) is 0 Å². The quantitative estimate of drug-likeness (QED) is 0.521. The highest BCUT2D eigenvalue weighted by atomic mass is 32.3. The fourth-order valence-electron chi connectivity index (χ4n) is 1.13. The van der Waals surface area contributed by atoms with E-state index in [0.717, 1.165) is 0 Å². The number of sulfonamides is 4. The smallest absolute Gasteiger partial charge is 0.244 e. The van der Waals surface area contributed by atoms with Crippen LogP contribution in [0.3, 0.4) is 0 Å². The van der Waals surface area contributed by atoms with E-state index in [-0.39, 0.29) is 0 Å². The normalized spacial score (nSPS) is 13.8. The van der Waals surface area contributed by atoms with Gasteiger partial charge in [-0.15, -0.1) is 7.42 Å². The fourth-order valence-corrected chi connectivity index (χ4v) is 6.73.